The van der Waals surface area contributed by atoms with Crippen molar-refractivity contribution in [1.29, 1.82) is 0 Å². The average Bonchev–Trinajstić information content (AvgIpc) is 2.78. The fourth-order valence-electron chi connectivity index (χ4n) is 3.45. The van der Waals surface area contributed by atoms with Crippen LogP contribution in [0.15, 0.2) is 42.5 Å². The highest BCUT2D eigenvalue weighted by Crippen LogP contribution is 2.40. The van der Waals surface area contributed by atoms with Crippen molar-refractivity contribution in [2.24, 2.45) is 0 Å². The molecule has 0 aromatic heterocycles. The number of hydrogen-bond acceptors (Lipinski definition) is 4. The number of rotatable bonds is 5. The van der Waals surface area contributed by atoms with Gasteiger partial charge in [0.1, 0.15) is 12.4 Å². The lowest BCUT2D eigenvalue weighted by molar-refractivity contribution is 0.0600. The van der Waals surface area contributed by atoms with E-state index in [1.54, 1.807) is 6.07 Å². The smallest absolute Gasteiger partial charge is 0.337 e. The van der Waals surface area contributed by atoms with Crippen molar-refractivity contribution in [1.82, 2.24) is 4.90 Å². The van der Waals surface area contributed by atoms with Gasteiger partial charge in [0.05, 0.1) is 12.7 Å². The summed E-state index contributed by atoms with van der Waals surface area (Å²) in [7, 11) is 5.59. The fourth-order valence-corrected chi connectivity index (χ4v) is 3.45. The summed E-state index contributed by atoms with van der Waals surface area (Å²) >= 11 is 0. The minimum Gasteiger partial charge on any atom is -0.489 e. The first-order chi connectivity index (χ1) is 12.1. The number of hydrogen-bond donors (Lipinski definition) is 0. The molecule has 0 N–H and O–H groups in total. The molecule has 0 radical (unpaired) electrons. The molecule has 1 unspecified atom stereocenters. The zero-order valence-corrected chi connectivity index (χ0v) is 15.1. The van der Waals surface area contributed by atoms with Crippen LogP contribution in [0.2, 0.25) is 0 Å². The molecule has 0 fully saturated rings. The Hall–Kier alpha value is -2.33. The van der Waals surface area contributed by atoms with Gasteiger partial charge in [-0.3, -0.25) is 0 Å². The van der Waals surface area contributed by atoms with Crippen LogP contribution in [0.5, 0.6) is 5.75 Å². The minimum atomic E-state index is -0.313. The SMILES string of the molecule is COC(=O)c1ccc2c(c1)C(CCCN(C)C)c1ccccc1CO2. The van der Waals surface area contributed by atoms with Gasteiger partial charge in [-0.15, -0.1) is 0 Å². The maximum Gasteiger partial charge on any atom is 0.337 e. The summed E-state index contributed by atoms with van der Waals surface area (Å²) in [6, 6.07) is 14.0. The number of ether oxygens (including phenoxy) is 2. The van der Waals surface area contributed by atoms with Gasteiger partial charge in [0.15, 0.2) is 0 Å². The number of esters is 1. The van der Waals surface area contributed by atoms with Gasteiger partial charge >= 0.3 is 5.97 Å². The Balaban J connectivity index is 2.02. The van der Waals surface area contributed by atoms with E-state index < -0.39 is 0 Å². The highest BCUT2D eigenvalue weighted by atomic mass is 16.5. The number of fused-ring (bicyclic) bond motifs is 2. The van der Waals surface area contributed by atoms with Gasteiger partial charge in [-0.1, -0.05) is 24.3 Å². The second-order valence-corrected chi connectivity index (χ2v) is 6.73. The molecule has 0 aliphatic carbocycles. The van der Waals surface area contributed by atoms with Crippen LogP contribution in [0.1, 0.15) is 45.8 Å². The first-order valence-electron chi connectivity index (χ1n) is 8.67. The Morgan fingerprint density at radius 1 is 1.20 bits per heavy atom. The van der Waals surface area contributed by atoms with E-state index in [-0.39, 0.29) is 11.9 Å². The molecule has 2 aromatic carbocycles. The third-order valence-electron chi connectivity index (χ3n) is 4.72. The molecule has 1 atom stereocenters. The quantitative estimate of drug-likeness (QED) is 0.776. The highest BCUT2D eigenvalue weighted by molar-refractivity contribution is 5.89. The molecular weight excluding hydrogens is 314 g/mol. The topological polar surface area (TPSA) is 38.8 Å². The van der Waals surface area contributed by atoms with Crippen molar-refractivity contribution >= 4 is 5.97 Å². The van der Waals surface area contributed by atoms with Crippen LogP contribution in [-0.2, 0) is 11.3 Å². The summed E-state index contributed by atoms with van der Waals surface area (Å²) in [6.45, 7) is 1.59. The van der Waals surface area contributed by atoms with Crippen molar-refractivity contribution in [3.63, 3.8) is 0 Å². The van der Waals surface area contributed by atoms with Crippen LogP contribution in [0.3, 0.4) is 0 Å². The molecular formula is C21H25NO3. The molecule has 2 aromatic rings. The summed E-state index contributed by atoms with van der Waals surface area (Å²) in [6.07, 6.45) is 2.09. The second kappa shape index (κ2) is 7.70. The van der Waals surface area contributed by atoms with Crippen molar-refractivity contribution in [2.45, 2.75) is 25.4 Å². The molecule has 0 amide bonds. The molecule has 1 heterocycles. The summed E-state index contributed by atoms with van der Waals surface area (Å²) in [5.41, 5.74) is 4.16. The molecule has 0 saturated carbocycles. The Kier molecular flexibility index (Phi) is 5.39. The third kappa shape index (κ3) is 3.85. The predicted molar refractivity (Wildman–Crippen MR) is 98.2 cm³/mol. The van der Waals surface area contributed by atoms with E-state index in [0.717, 1.165) is 30.7 Å². The Labute approximate surface area is 149 Å². The normalized spacial score (nSPS) is 15.8. The molecule has 3 rings (SSSR count). The van der Waals surface area contributed by atoms with Crippen LogP contribution in [0, 0.1) is 0 Å². The molecule has 0 saturated heterocycles. The maximum absolute atomic E-state index is 12.0. The number of nitrogens with zero attached hydrogens (tertiary/aromatic N) is 1. The number of benzene rings is 2. The van der Waals surface area contributed by atoms with Crippen LogP contribution in [-0.4, -0.2) is 38.6 Å². The Morgan fingerprint density at radius 3 is 2.76 bits per heavy atom. The van der Waals surface area contributed by atoms with E-state index in [1.807, 2.05) is 12.1 Å². The predicted octanol–water partition coefficient (Wildman–Crippen LogP) is 3.84. The minimum absolute atomic E-state index is 0.221. The lowest BCUT2D eigenvalue weighted by Crippen LogP contribution is -2.14. The van der Waals surface area contributed by atoms with Gasteiger partial charge in [0, 0.05) is 11.5 Å². The van der Waals surface area contributed by atoms with Gasteiger partial charge in [-0.2, -0.15) is 0 Å². The zero-order chi connectivity index (χ0) is 17.8. The molecule has 0 spiro atoms. The lowest BCUT2D eigenvalue weighted by atomic mass is 9.84. The highest BCUT2D eigenvalue weighted by Gasteiger charge is 2.25. The molecule has 0 bridgehead atoms. The Morgan fingerprint density at radius 2 is 2.00 bits per heavy atom. The summed E-state index contributed by atoms with van der Waals surface area (Å²) < 4.78 is 10.9. The largest absolute Gasteiger partial charge is 0.489 e. The third-order valence-corrected chi connectivity index (χ3v) is 4.72. The van der Waals surface area contributed by atoms with E-state index in [2.05, 4.69) is 43.3 Å². The monoisotopic (exact) mass is 339 g/mol. The second-order valence-electron chi connectivity index (χ2n) is 6.73. The van der Waals surface area contributed by atoms with Crippen molar-refractivity contribution < 1.29 is 14.3 Å². The van der Waals surface area contributed by atoms with Gasteiger partial charge in [-0.25, -0.2) is 4.79 Å². The van der Waals surface area contributed by atoms with Crippen LogP contribution >= 0.6 is 0 Å². The maximum atomic E-state index is 12.0. The van der Waals surface area contributed by atoms with Crippen molar-refractivity contribution in [3.8, 4) is 5.75 Å². The van der Waals surface area contributed by atoms with Gasteiger partial charge in [-0.05, 0) is 62.8 Å². The van der Waals surface area contributed by atoms with E-state index in [4.69, 9.17) is 9.47 Å². The summed E-state index contributed by atoms with van der Waals surface area (Å²) in [5.74, 6) is 0.768. The van der Waals surface area contributed by atoms with Crippen molar-refractivity contribution in [2.75, 3.05) is 27.7 Å². The number of methoxy groups -OCH3 is 1. The number of carbonyl (C=O) groups excluding carboxylic acids is 1. The standard InChI is InChI=1S/C21H25NO3/c1-22(2)12-6-9-18-17-8-5-4-7-16(17)14-25-20-11-10-15(13-19(18)20)21(23)24-3/h4-5,7-8,10-11,13,18H,6,9,12,14H2,1-3H3. The zero-order valence-electron chi connectivity index (χ0n) is 15.1. The average molecular weight is 339 g/mol. The first kappa shape index (κ1) is 17.5. The van der Waals surface area contributed by atoms with Gasteiger partial charge < -0.3 is 14.4 Å². The molecule has 1 aliphatic heterocycles. The lowest BCUT2D eigenvalue weighted by Gasteiger charge is -2.20. The molecule has 132 valence electrons. The van der Waals surface area contributed by atoms with E-state index in [9.17, 15) is 4.79 Å². The van der Waals surface area contributed by atoms with Crippen LogP contribution in [0.4, 0.5) is 0 Å². The fraction of sp³-hybridized carbons (Fsp3) is 0.381. The molecule has 4 heteroatoms. The first-order valence-corrected chi connectivity index (χ1v) is 8.67. The number of carbonyl (C=O) groups is 1. The van der Waals surface area contributed by atoms with Gasteiger partial charge in [0.25, 0.3) is 0 Å². The van der Waals surface area contributed by atoms with Crippen LogP contribution in [0.25, 0.3) is 0 Å². The summed E-state index contributed by atoms with van der Waals surface area (Å²) in [4.78, 5) is 14.2. The van der Waals surface area contributed by atoms with Crippen LogP contribution < -0.4 is 4.74 Å². The molecule has 4 nitrogen and oxygen atoms in total. The van der Waals surface area contributed by atoms with E-state index >= 15 is 0 Å². The molecule has 25 heavy (non-hydrogen) atoms. The van der Waals surface area contributed by atoms with Gasteiger partial charge in [0.2, 0.25) is 0 Å². The van der Waals surface area contributed by atoms with Crippen molar-refractivity contribution in [3.05, 3.63) is 64.7 Å². The summed E-state index contributed by atoms with van der Waals surface area (Å²) in [5, 5.41) is 0. The molecule has 1 aliphatic rings. The Bertz CT molecular complexity index is 755. The van der Waals surface area contributed by atoms with E-state index in [1.165, 1.54) is 18.2 Å². The van der Waals surface area contributed by atoms with E-state index in [0.29, 0.717) is 12.2 Å².